The van der Waals surface area contributed by atoms with Crippen molar-refractivity contribution in [3.05, 3.63) is 83.0 Å². The van der Waals surface area contributed by atoms with Gasteiger partial charge in [0.2, 0.25) is 0 Å². The standard InChI is InChI=1S/C22H19Cl2N3O3/c1-14(28)13-26-21(29)15-5-7-16(8-6-15)22(30)27(24)17-9-10-19(23)18(12-17)20-4-2-3-11-25-20/h2-12,14,28H,13H2,1H3,(H,26,29)/t14-/m1/s1. The Morgan fingerprint density at radius 1 is 1.10 bits per heavy atom. The van der Waals surface area contributed by atoms with Gasteiger partial charge < -0.3 is 10.4 Å². The van der Waals surface area contributed by atoms with Crippen molar-refractivity contribution in [3.8, 4) is 11.3 Å². The molecule has 2 amide bonds. The predicted molar refractivity (Wildman–Crippen MR) is 118 cm³/mol. The Balaban J connectivity index is 1.78. The molecular weight excluding hydrogens is 425 g/mol. The number of amides is 2. The molecule has 0 saturated carbocycles. The van der Waals surface area contributed by atoms with Crippen LogP contribution in [0.2, 0.25) is 5.02 Å². The second-order valence-corrected chi connectivity index (χ2v) is 7.35. The second kappa shape index (κ2) is 9.71. The van der Waals surface area contributed by atoms with Crippen LogP contribution in [0.4, 0.5) is 5.69 Å². The SMILES string of the molecule is C[C@@H](O)CNC(=O)c1ccc(C(=O)N(Cl)c2ccc(Cl)c(-c3ccccn3)c2)cc1. The second-order valence-electron chi connectivity index (χ2n) is 6.60. The van der Waals surface area contributed by atoms with Crippen molar-refractivity contribution in [1.29, 1.82) is 0 Å². The fraction of sp³-hybridized carbons (Fsp3) is 0.136. The van der Waals surface area contributed by atoms with E-state index in [0.29, 0.717) is 33.1 Å². The summed E-state index contributed by atoms with van der Waals surface area (Å²) >= 11 is 12.6. The third-order valence-electron chi connectivity index (χ3n) is 4.25. The Hall–Kier alpha value is -2.93. The number of pyridine rings is 1. The highest BCUT2D eigenvalue weighted by atomic mass is 35.5. The summed E-state index contributed by atoms with van der Waals surface area (Å²) in [6.45, 7) is 1.72. The van der Waals surface area contributed by atoms with Crippen LogP contribution in [-0.4, -0.2) is 34.6 Å². The van der Waals surface area contributed by atoms with E-state index >= 15 is 0 Å². The molecule has 3 aromatic rings. The third-order valence-corrected chi connectivity index (χ3v) is 4.93. The number of halogens is 2. The molecule has 0 bridgehead atoms. The molecule has 0 saturated heterocycles. The van der Waals surface area contributed by atoms with Crippen molar-refractivity contribution in [2.45, 2.75) is 13.0 Å². The van der Waals surface area contributed by atoms with E-state index in [0.717, 1.165) is 4.42 Å². The molecule has 8 heteroatoms. The molecule has 0 aliphatic heterocycles. The summed E-state index contributed by atoms with van der Waals surface area (Å²) in [6, 6.07) is 16.5. The van der Waals surface area contributed by atoms with Crippen molar-refractivity contribution in [1.82, 2.24) is 10.3 Å². The first kappa shape index (κ1) is 21.8. The lowest BCUT2D eigenvalue weighted by Crippen LogP contribution is -2.30. The smallest absolute Gasteiger partial charge is 0.272 e. The minimum Gasteiger partial charge on any atom is -0.392 e. The minimum absolute atomic E-state index is 0.143. The van der Waals surface area contributed by atoms with Crippen molar-refractivity contribution >= 4 is 40.9 Å². The van der Waals surface area contributed by atoms with E-state index in [1.807, 2.05) is 12.1 Å². The Kier molecular flexibility index (Phi) is 7.05. The molecule has 0 spiro atoms. The largest absolute Gasteiger partial charge is 0.392 e. The normalized spacial score (nSPS) is 11.6. The fourth-order valence-electron chi connectivity index (χ4n) is 2.69. The first-order chi connectivity index (χ1) is 14.4. The average Bonchev–Trinajstić information content (AvgIpc) is 2.77. The quantitative estimate of drug-likeness (QED) is 0.555. The summed E-state index contributed by atoms with van der Waals surface area (Å²) in [5.74, 6) is -0.794. The van der Waals surface area contributed by atoms with E-state index < -0.39 is 12.0 Å². The average molecular weight is 444 g/mol. The van der Waals surface area contributed by atoms with Gasteiger partial charge in [0, 0.05) is 41.2 Å². The number of carbonyl (C=O) groups excluding carboxylic acids is 2. The van der Waals surface area contributed by atoms with Gasteiger partial charge in [-0.2, -0.15) is 0 Å². The molecule has 0 aliphatic rings. The van der Waals surface area contributed by atoms with Crippen molar-refractivity contribution < 1.29 is 14.7 Å². The number of carbonyl (C=O) groups is 2. The molecule has 1 atom stereocenters. The maximum atomic E-state index is 12.8. The Labute approximate surface area is 184 Å². The van der Waals surface area contributed by atoms with Crippen LogP contribution in [0, 0.1) is 0 Å². The number of aromatic nitrogens is 1. The number of hydrogen-bond acceptors (Lipinski definition) is 4. The van der Waals surface area contributed by atoms with E-state index in [4.69, 9.17) is 23.4 Å². The number of anilines is 1. The van der Waals surface area contributed by atoms with Gasteiger partial charge in [0.15, 0.2) is 0 Å². The minimum atomic E-state index is -0.644. The number of aliphatic hydroxyl groups excluding tert-OH is 1. The molecule has 0 radical (unpaired) electrons. The van der Waals surface area contributed by atoms with E-state index in [1.165, 1.54) is 24.3 Å². The zero-order valence-electron chi connectivity index (χ0n) is 16.0. The molecule has 2 N–H and O–H groups in total. The topological polar surface area (TPSA) is 82.5 Å². The highest BCUT2D eigenvalue weighted by molar-refractivity contribution is 6.39. The maximum absolute atomic E-state index is 12.8. The molecule has 3 rings (SSSR count). The molecular formula is C22H19Cl2N3O3. The number of nitrogens with zero attached hydrogens (tertiary/aromatic N) is 2. The number of hydrogen-bond donors (Lipinski definition) is 2. The zero-order valence-corrected chi connectivity index (χ0v) is 17.6. The first-order valence-electron chi connectivity index (χ1n) is 9.14. The van der Waals surface area contributed by atoms with Crippen LogP contribution in [0.15, 0.2) is 66.9 Å². The number of aliphatic hydroxyl groups is 1. The summed E-state index contributed by atoms with van der Waals surface area (Å²) < 4.78 is 0.991. The molecule has 2 aromatic carbocycles. The van der Waals surface area contributed by atoms with Crippen LogP contribution < -0.4 is 9.74 Å². The lowest BCUT2D eigenvalue weighted by molar-refractivity contribution is 0.0922. The van der Waals surface area contributed by atoms with Crippen molar-refractivity contribution in [2.24, 2.45) is 0 Å². The van der Waals surface area contributed by atoms with Crippen molar-refractivity contribution in [3.63, 3.8) is 0 Å². The number of rotatable bonds is 6. The van der Waals surface area contributed by atoms with Gasteiger partial charge in [-0.3, -0.25) is 14.6 Å². The molecule has 0 aliphatic carbocycles. The van der Waals surface area contributed by atoms with Gasteiger partial charge in [0.05, 0.1) is 22.5 Å². The highest BCUT2D eigenvalue weighted by Crippen LogP contribution is 2.32. The van der Waals surface area contributed by atoms with Crippen LogP contribution >= 0.6 is 23.4 Å². The zero-order chi connectivity index (χ0) is 21.7. The van der Waals surface area contributed by atoms with Gasteiger partial charge in [-0.05, 0) is 61.5 Å². The molecule has 0 fully saturated rings. The van der Waals surface area contributed by atoms with Crippen molar-refractivity contribution in [2.75, 3.05) is 11.0 Å². The van der Waals surface area contributed by atoms with Gasteiger partial charge in [0.1, 0.15) is 0 Å². The summed E-state index contributed by atoms with van der Waals surface area (Å²) in [5, 5.41) is 12.3. The molecule has 154 valence electrons. The highest BCUT2D eigenvalue weighted by Gasteiger charge is 2.18. The summed E-state index contributed by atoms with van der Waals surface area (Å²) in [6.07, 6.45) is 1.01. The van der Waals surface area contributed by atoms with Crippen LogP contribution in [0.25, 0.3) is 11.3 Å². The van der Waals surface area contributed by atoms with Gasteiger partial charge in [-0.25, -0.2) is 4.42 Å². The molecule has 1 aromatic heterocycles. The van der Waals surface area contributed by atoms with Crippen LogP contribution in [0.5, 0.6) is 0 Å². The summed E-state index contributed by atoms with van der Waals surface area (Å²) in [5.41, 5.74) is 2.43. The van der Waals surface area contributed by atoms with Gasteiger partial charge >= 0.3 is 0 Å². The lowest BCUT2D eigenvalue weighted by atomic mass is 10.1. The Bertz CT molecular complexity index is 1040. The van der Waals surface area contributed by atoms with Crippen LogP contribution in [0.3, 0.4) is 0 Å². The third kappa shape index (κ3) is 5.16. The summed E-state index contributed by atoms with van der Waals surface area (Å²) in [7, 11) is 0. The molecule has 30 heavy (non-hydrogen) atoms. The molecule has 0 unspecified atom stereocenters. The summed E-state index contributed by atoms with van der Waals surface area (Å²) in [4.78, 5) is 29.1. The monoisotopic (exact) mass is 443 g/mol. The van der Waals surface area contributed by atoms with E-state index in [2.05, 4.69) is 10.3 Å². The van der Waals surface area contributed by atoms with Gasteiger partial charge in [-0.15, -0.1) is 0 Å². The van der Waals surface area contributed by atoms with Crippen LogP contribution in [0.1, 0.15) is 27.6 Å². The predicted octanol–water partition coefficient (Wildman–Crippen LogP) is 4.31. The number of benzene rings is 2. The maximum Gasteiger partial charge on any atom is 0.272 e. The Morgan fingerprint density at radius 2 is 1.80 bits per heavy atom. The van der Waals surface area contributed by atoms with Gasteiger partial charge in [-0.1, -0.05) is 17.7 Å². The molecule has 6 nitrogen and oxygen atoms in total. The fourth-order valence-corrected chi connectivity index (χ4v) is 3.11. The lowest BCUT2D eigenvalue weighted by Gasteiger charge is -2.16. The van der Waals surface area contributed by atoms with E-state index in [1.54, 1.807) is 37.4 Å². The Morgan fingerprint density at radius 3 is 2.43 bits per heavy atom. The van der Waals surface area contributed by atoms with E-state index in [-0.39, 0.29) is 12.5 Å². The van der Waals surface area contributed by atoms with Gasteiger partial charge in [0.25, 0.3) is 11.8 Å². The first-order valence-corrected chi connectivity index (χ1v) is 9.86. The number of nitrogens with one attached hydrogen (secondary N) is 1. The molecule has 1 heterocycles. The van der Waals surface area contributed by atoms with Crippen LogP contribution in [-0.2, 0) is 0 Å². The van der Waals surface area contributed by atoms with E-state index in [9.17, 15) is 14.7 Å².